The second-order valence-electron chi connectivity index (χ2n) is 5.99. The van der Waals surface area contributed by atoms with E-state index in [1.54, 1.807) is 7.05 Å². The maximum absolute atomic E-state index is 11.7. The third-order valence-electron chi connectivity index (χ3n) is 4.10. The topological polar surface area (TPSA) is 63.3 Å². The Morgan fingerprint density at radius 1 is 1.50 bits per heavy atom. The minimum Gasteiger partial charge on any atom is -0.361 e. The summed E-state index contributed by atoms with van der Waals surface area (Å²) in [5.41, 5.74) is 2.22. The van der Waals surface area contributed by atoms with Gasteiger partial charge in [0.05, 0.1) is 5.69 Å². The lowest BCUT2D eigenvalue weighted by Gasteiger charge is -2.22. The number of carbonyl (C=O) groups is 1. The Morgan fingerprint density at radius 2 is 2.36 bits per heavy atom. The Balaban J connectivity index is 1.76. The molecular formula is C16H22N4O2. The first-order valence-corrected chi connectivity index (χ1v) is 7.63. The monoisotopic (exact) mass is 302 g/mol. The van der Waals surface area contributed by atoms with Crippen molar-refractivity contribution in [1.82, 2.24) is 19.9 Å². The smallest absolute Gasteiger partial charge is 0.220 e. The summed E-state index contributed by atoms with van der Waals surface area (Å²) in [4.78, 5) is 14.1. The van der Waals surface area contributed by atoms with Crippen molar-refractivity contribution < 1.29 is 9.32 Å². The lowest BCUT2D eigenvalue weighted by Crippen LogP contribution is -2.31. The zero-order valence-corrected chi connectivity index (χ0v) is 13.1. The maximum Gasteiger partial charge on any atom is 0.220 e. The summed E-state index contributed by atoms with van der Waals surface area (Å²) in [6.45, 7) is 5.26. The van der Waals surface area contributed by atoms with E-state index in [1.807, 2.05) is 13.0 Å². The molecule has 0 aliphatic carbocycles. The van der Waals surface area contributed by atoms with Crippen LogP contribution in [-0.4, -0.2) is 34.1 Å². The Kier molecular flexibility index (Phi) is 4.29. The van der Waals surface area contributed by atoms with Crippen LogP contribution in [0.3, 0.4) is 0 Å². The molecule has 2 aromatic rings. The molecule has 0 bridgehead atoms. The number of aryl methyl sites for hydroxylation is 1. The van der Waals surface area contributed by atoms with Crippen LogP contribution in [0.25, 0.3) is 0 Å². The fourth-order valence-electron chi connectivity index (χ4n) is 3.10. The molecule has 22 heavy (non-hydrogen) atoms. The van der Waals surface area contributed by atoms with E-state index in [2.05, 4.69) is 38.3 Å². The van der Waals surface area contributed by atoms with Crippen molar-refractivity contribution in [3.05, 3.63) is 41.5 Å². The molecule has 0 unspecified atom stereocenters. The van der Waals surface area contributed by atoms with Gasteiger partial charge < -0.3 is 14.4 Å². The summed E-state index contributed by atoms with van der Waals surface area (Å²) in [6.07, 6.45) is 2.64. The van der Waals surface area contributed by atoms with Crippen molar-refractivity contribution in [2.24, 2.45) is 5.92 Å². The van der Waals surface area contributed by atoms with Gasteiger partial charge in [-0.2, -0.15) is 0 Å². The molecule has 1 N–H and O–H groups in total. The van der Waals surface area contributed by atoms with Crippen LogP contribution in [0.2, 0.25) is 0 Å². The van der Waals surface area contributed by atoms with Crippen molar-refractivity contribution in [2.75, 3.05) is 13.6 Å². The van der Waals surface area contributed by atoms with Gasteiger partial charge in [-0.15, -0.1) is 0 Å². The van der Waals surface area contributed by atoms with Gasteiger partial charge in [0.25, 0.3) is 0 Å². The normalized spacial score (nSPS) is 18.7. The number of hydrogen-bond donors (Lipinski definition) is 1. The van der Waals surface area contributed by atoms with Crippen molar-refractivity contribution in [2.45, 2.75) is 33.0 Å². The second kappa shape index (κ2) is 6.36. The molecule has 0 saturated heterocycles. The quantitative estimate of drug-likeness (QED) is 0.931. The SMILES string of the molecule is CNC(=O)C[C@@H]1CN(Cc2cc(C)on2)Cc2cccn2C1. The predicted octanol–water partition coefficient (Wildman–Crippen LogP) is 1.55. The molecule has 1 amide bonds. The number of nitrogens with one attached hydrogen (secondary N) is 1. The zero-order valence-electron chi connectivity index (χ0n) is 13.1. The summed E-state index contributed by atoms with van der Waals surface area (Å²) in [5.74, 6) is 1.22. The molecule has 0 fully saturated rings. The Labute approximate surface area is 130 Å². The van der Waals surface area contributed by atoms with Crippen LogP contribution in [0.15, 0.2) is 28.9 Å². The van der Waals surface area contributed by atoms with E-state index in [4.69, 9.17) is 4.52 Å². The van der Waals surface area contributed by atoms with Crippen molar-refractivity contribution in [3.8, 4) is 0 Å². The summed E-state index contributed by atoms with van der Waals surface area (Å²) in [6, 6.07) is 6.18. The summed E-state index contributed by atoms with van der Waals surface area (Å²) in [7, 11) is 1.69. The number of hydrogen-bond acceptors (Lipinski definition) is 4. The molecule has 0 aromatic carbocycles. The van der Waals surface area contributed by atoms with Crippen LogP contribution in [-0.2, 0) is 24.4 Å². The van der Waals surface area contributed by atoms with Crippen LogP contribution < -0.4 is 5.32 Å². The van der Waals surface area contributed by atoms with Gasteiger partial charge in [-0.25, -0.2) is 0 Å². The van der Waals surface area contributed by atoms with E-state index in [0.29, 0.717) is 12.3 Å². The largest absolute Gasteiger partial charge is 0.361 e. The number of amides is 1. The van der Waals surface area contributed by atoms with Crippen LogP contribution in [0.4, 0.5) is 0 Å². The summed E-state index contributed by atoms with van der Waals surface area (Å²) in [5, 5.41) is 6.81. The first-order chi connectivity index (χ1) is 10.6. The van der Waals surface area contributed by atoms with Crippen LogP contribution in [0.1, 0.15) is 23.6 Å². The molecule has 0 spiro atoms. The van der Waals surface area contributed by atoms with Gasteiger partial charge >= 0.3 is 0 Å². The standard InChI is InChI=1S/C16H22N4O2/c1-12-6-14(18-22-12)10-19-8-13(7-16(21)17-2)9-20-5-3-4-15(20)11-19/h3-6,13H,7-11H2,1-2H3,(H,17,21)/t13-/m1/s1. The fraction of sp³-hybridized carbons (Fsp3) is 0.500. The van der Waals surface area contributed by atoms with E-state index < -0.39 is 0 Å². The van der Waals surface area contributed by atoms with E-state index in [0.717, 1.165) is 37.6 Å². The zero-order chi connectivity index (χ0) is 15.5. The minimum absolute atomic E-state index is 0.0952. The van der Waals surface area contributed by atoms with E-state index in [-0.39, 0.29) is 5.91 Å². The maximum atomic E-state index is 11.7. The Hall–Kier alpha value is -2.08. The average molecular weight is 302 g/mol. The van der Waals surface area contributed by atoms with Gasteiger partial charge in [0.1, 0.15) is 5.76 Å². The van der Waals surface area contributed by atoms with Crippen molar-refractivity contribution in [1.29, 1.82) is 0 Å². The third kappa shape index (κ3) is 3.39. The molecule has 3 rings (SSSR count). The summed E-state index contributed by atoms with van der Waals surface area (Å²) >= 11 is 0. The van der Waals surface area contributed by atoms with E-state index in [1.165, 1.54) is 5.69 Å². The highest BCUT2D eigenvalue weighted by molar-refractivity contribution is 5.75. The number of carbonyl (C=O) groups excluding carboxylic acids is 1. The van der Waals surface area contributed by atoms with Gasteiger partial charge in [0, 0.05) is 57.6 Å². The fourth-order valence-corrected chi connectivity index (χ4v) is 3.10. The molecule has 2 aromatic heterocycles. The lowest BCUT2D eigenvalue weighted by atomic mass is 10.0. The molecule has 118 valence electrons. The average Bonchev–Trinajstić information content (AvgIpc) is 3.04. The third-order valence-corrected chi connectivity index (χ3v) is 4.10. The molecule has 0 saturated carbocycles. The predicted molar refractivity (Wildman–Crippen MR) is 82.0 cm³/mol. The molecule has 6 nitrogen and oxygen atoms in total. The molecule has 1 aliphatic rings. The second-order valence-corrected chi connectivity index (χ2v) is 5.99. The van der Waals surface area contributed by atoms with Gasteiger partial charge in [-0.05, 0) is 25.0 Å². The number of nitrogens with zero attached hydrogens (tertiary/aromatic N) is 3. The van der Waals surface area contributed by atoms with Crippen LogP contribution in [0.5, 0.6) is 0 Å². The molecular weight excluding hydrogens is 280 g/mol. The van der Waals surface area contributed by atoms with Crippen molar-refractivity contribution in [3.63, 3.8) is 0 Å². The first kappa shape index (κ1) is 14.8. The molecule has 6 heteroatoms. The molecule has 1 atom stereocenters. The molecule has 1 aliphatic heterocycles. The number of rotatable bonds is 4. The highest BCUT2D eigenvalue weighted by Crippen LogP contribution is 2.21. The number of aromatic nitrogens is 2. The van der Waals surface area contributed by atoms with Crippen LogP contribution in [0, 0.1) is 12.8 Å². The Bertz CT molecular complexity index is 646. The lowest BCUT2D eigenvalue weighted by molar-refractivity contribution is -0.121. The highest BCUT2D eigenvalue weighted by atomic mass is 16.5. The van der Waals surface area contributed by atoms with Gasteiger partial charge in [-0.3, -0.25) is 9.69 Å². The van der Waals surface area contributed by atoms with E-state index in [9.17, 15) is 4.79 Å². The summed E-state index contributed by atoms with van der Waals surface area (Å²) < 4.78 is 7.41. The van der Waals surface area contributed by atoms with Crippen molar-refractivity contribution >= 4 is 5.91 Å². The van der Waals surface area contributed by atoms with E-state index >= 15 is 0 Å². The minimum atomic E-state index is 0.0952. The molecule has 3 heterocycles. The first-order valence-electron chi connectivity index (χ1n) is 7.63. The highest BCUT2D eigenvalue weighted by Gasteiger charge is 2.23. The van der Waals surface area contributed by atoms with Gasteiger partial charge in [0.2, 0.25) is 5.91 Å². The number of fused-ring (bicyclic) bond motifs is 1. The van der Waals surface area contributed by atoms with Gasteiger partial charge in [-0.1, -0.05) is 5.16 Å². The Morgan fingerprint density at radius 3 is 3.09 bits per heavy atom. The van der Waals surface area contributed by atoms with Crippen LogP contribution >= 0.6 is 0 Å². The molecule has 0 radical (unpaired) electrons. The van der Waals surface area contributed by atoms with Gasteiger partial charge in [0.15, 0.2) is 0 Å².